The second-order valence-electron chi connectivity index (χ2n) is 12.6. The van der Waals surface area contributed by atoms with E-state index in [-0.39, 0.29) is 22.5 Å². The van der Waals surface area contributed by atoms with Gasteiger partial charge in [-0.15, -0.1) is 0 Å². The Kier molecular flexibility index (Phi) is 9.93. The number of phenolic OH excluding ortho intramolecular Hbond substituents is 1. The van der Waals surface area contributed by atoms with Crippen LogP contribution in [-0.2, 0) is 14.4 Å². The zero-order valence-corrected chi connectivity index (χ0v) is 28.4. The number of fused-ring (bicyclic) bond motifs is 2. The molecule has 6 aromatic rings. The van der Waals surface area contributed by atoms with Crippen LogP contribution in [0.1, 0.15) is 80.0 Å². The van der Waals surface area contributed by atoms with Gasteiger partial charge in [-0.2, -0.15) is 8.42 Å². The zero-order valence-electron chi connectivity index (χ0n) is 27.6. The van der Waals surface area contributed by atoms with Crippen molar-refractivity contribution in [1.29, 1.82) is 0 Å². The van der Waals surface area contributed by atoms with Crippen LogP contribution < -0.4 is 0 Å². The van der Waals surface area contributed by atoms with Gasteiger partial charge in [0, 0.05) is 5.56 Å². The maximum Gasteiger partial charge on any atom is 0.358 e. The summed E-state index contributed by atoms with van der Waals surface area (Å²) in [5.41, 5.74) is 4.90. The van der Waals surface area contributed by atoms with Crippen molar-refractivity contribution in [3.63, 3.8) is 0 Å². The molecule has 0 spiro atoms. The Morgan fingerprint density at radius 1 is 0.688 bits per heavy atom. The lowest BCUT2D eigenvalue weighted by atomic mass is 9.78. The highest BCUT2D eigenvalue weighted by atomic mass is 32.2. The smallest absolute Gasteiger partial charge is 0.358 e. The molecule has 0 aromatic heterocycles. The normalized spacial score (nSPS) is 14.1. The minimum absolute atomic E-state index is 0.0583. The topological polar surface area (TPSA) is 76.0 Å². The first-order valence-corrected chi connectivity index (χ1v) is 18.0. The SMILES string of the molecule is CCC(CC(CC(C)c1ccc(S(=O)(=O)O/N=C(/C)c2c3ccccc3cc3ccccc23)cc1)c1ccc(O)cc1)c1ccccc1. The third-order valence-electron chi connectivity index (χ3n) is 9.48. The first-order chi connectivity index (χ1) is 23.2. The number of phenols is 1. The van der Waals surface area contributed by atoms with Gasteiger partial charge in [0.05, 0.1) is 5.71 Å². The van der Waals surface area contributed by atoms with Gasteiger partial charge in [0.1, 0.15) is 10.6 Å². The van der Waals surface area contributed by atoms with Crippen LogP contribution in [0, 0.1) is 0 Å². The van der Waals surface area contributed by atoms with Gasteiger partial charge >= 0.3 is 10.1 Å². The van der Waals surface area contributed by atoms with Crippen LogP contribution in [0.15, 0.2) is 144 Å². The van der Waals surface area contributed by atoms with Gasteiger partial charge in [0.2, 0.25) is 0 Å². The molecule has 0 radical (unpaired) electrons. The predicted molar refractivity (Wildman–Crippen MR) is 196 cm³/mol. The molecule has 3 atom stereocenters. The lowest BCUT2D eigenvalue weighted by Crippen LogP contribution is -2.10. The van der Waals surface area contributed by atoms with Crippen LogP contribution >= 0.6 is 0 Å². The van der Waals surface area contributed by atoms with Gasteiger partial charge in [-0.1, -0.05) is 122 Å². The number of nitrogens with zero attached hydrogens (tertiary/aromatic N) is 1. The lowest BCUT2D eigenvalue weighted by molar-refractivity contribution is 0.339. The molecule has 0 saturated carbocycles. The van der Waals surface area contributed by atoms with Crippen LogP contribution in [0.25, 0.3) is 21.5 Å². The quantitative estimate of drug-likeness (QED) is 0.0809. The van der Waals surface area contributed by atoms with Gasteiger partial charge in [0.25, 0.3) is 0 Å². The van der Waals surface area contributed by atoms with Gasteiger partial charge < -0.3 is 5.11 Å². The molecule has 6 heteroatoms. The van der Waals surface area contributed by atoms with E-state index in [1.54, 1.807) is 31.2 Å². The molecule has 6 aromatic carbocycles. The Bertz CT molecular complexity index is 2090. The van der Waals surface area contributed by atoms with E-state index in [1.807, 2.05) is 78.9 Å². The number of oxime groups is 1. The lowest BCUT2D eigenvalue weighted by Gasteiger charge is -2.26. The van der Waals surface area contributed by atoms with Crippen molar-refractivity contribution in [3.8, 4) is 5.75 Å². The molecule has 1 N–H and O–H groups in total. The summed E-state index contributed by atoms with van der Waals surface area (Å²) < 4.78 is 31.9. The van der Waals surface area contributed by atoms with E-state index in [9.17, 15) is 13.5 Å². The molecule has 0 aliphatic carbocycles. The minimum atomic E-state index is -4.14. The van der Waals surface area contributed by atoms with Crippen LogP contribution in [0.4, 0.5) is 0 Å². The number of benzene rings is 6. The molecule has 0 amide bonds. The summed E-state index contributed by atoms with van der Waals surface area (Å²) >= 11 is 0. The van der Waals surface area contributed by atoms with Gasteiger partial charge in [-0.05, 0) is 113 Å². The van der Waals surface area contributed by atoms with Crippen molar-refractivity contribution < 1.29 is 17.8 Å². The van der Waals surface area contributed by atoms with Crippen LogP contribution in [0.5, 0.6) is 5.75 Å². The fourth-order valence-corrected chi connectivity index (χ4v) is 7.61. The molecule has 244 valence electrons. The average molecular weight is 656 g/mol. The Morgan fingerprint density at radius 2 is 1.23 bits per heavy atom. The molecule has 0 aliphatic rings. The Balaban J connectivity index is 1.21. The molecule has 48 heavy (non-hydrogen) atoms. The van der Waals surface area contributed by atoms with Gasteiger partial charge in [-0.25, -0.2) is 0 Å². The van der Waals surface area contributed by atoms with Crippen molar-refractivity contribution in [2.75, 3.05) is 0 Å². The number of hydrogen-bond acceptors (Lipinski definition) is 5. The van der Waals surface area contributed by atoms with E-state index in [1.165, 1.54) is 11.1 Å². The summed E-state index contributed by atoms with van der Waals surface area (Å²) in [5.74, 6) is 1.07. The van der Waals surface area contributed by atoms with Crippen molar-refractivity contribution in [3.05, 3.63) is 156 Å². The Labute approximate surface area is 283 Å². The molecule has 0 fully saturated rings. The van der Waals surface area contributed by atoms with Crippen molar-refractivity contribution >= 4 is 37.4 Å². The Morgan fingerprint density at radius 3 is 1.83 bits per heavy atom. The van der Waals surface area contributed by atoms with Crippen molar-refractivity contribution in [2.45, 2.75) is 62.7 Å². The summed E-state index contributed by atoms with van der Waals surface area (Å²) in [6, 6.07) is 43.2. The second-order valence-corrected chi connectivity index (χ2v) is 14.2. The number of hydrogen-bond donors (Lipinski definition) is 1. The van der Waals surface area contributed by atoms with Crippen molar-refractivity contribution in [2.24, 2.45) is 5.16 Å². The predicted octanol–water partition coefficient (Wildman–Crippen LogP) is 10.7. The maximum absolute atomic E-state index is 13.3. The third-order valence-corrected chi connectivity index (χ3v) is 10.6. The third kappa shape index (κ3) is 7.29. The van der Waals surface area contributed by atoms with Crippen LogP contribution in [0.3, 0.4) is 0 Å². The fraction of sp³-hybridized carbons (Fsp3) is 0.214. The molecule has 6 rings (SSSR count). The van der Waals surface area contributed by atoms with Gasteiger partial charge in [-0.3, -0.25) is 4.28 Å². The average Bonchev–Trinajstić information content (AvgIpc) is 3.12. The molecule has 5 nitrogen and oxygen atoms in total. The highest BCUT2D eigenvalue weighted by molar-refractivity contribution is 7.86. The highest BCUT2D eigenvalue weighted by Gasteiger charge is 2.23. The van der Waals surface area contributed by atoms with E-state index >= 15 is 0 Å². The largest absolute Gasteiger partial charge is 0.508 e. The number of rotatable bonds is 12. The van der Waals surface area contributed by atoms with Crippen LogP contribution in [0.2, 0.25) is 0 Å². The molecule has 0 heterocycles. The summed E-state index contributed by atoms with van der Waals surface area (Å²) in [4.78, 5) is 0.0583. The van der Waals surface area contributed by atoms with E-state index in [0.29, 0.717) is 11.6 Å². The zero-order chi connectivity index (χ0) is 33.7. The first-order valence-electron chi connectivity index (χ1n) is 16.6. The molecule has 0 aliphatic heterocycles. The molecule has 0 saturated heterocycles. The number of aromatic hydroxyl groups is 1. The van der Waals surface area contributed by atoms with Crippen molar-refractivity contribution in [1.82, 2.24) is 0 Å². The highest BCUT2D eigenvalue weighted by Crippen LogP contribution is 2.39. The summed E-state index contributed by atoms with van der Waals surface area (Å²) in [7, 11) is -4.14. The standard InChI is InChI=1S/C42H41NO4S/c1-4-31(33-12-6-5-7-13-33)27-37(34-18-22-38(44)23-19-34)26-29(2)32-20-24-39(25-21-32)48(45,46)47-43-30(3)42-40-16-10-8-14-35(40)28-36-15-9-11-17-41(36)42/h5-25,28-29,31,37,44H,4,26-27H2,1-3H3/b43-30-. The minimum Gasteiger partial charge on any atom is -0.508 e. The van der Waals surface area contributed by atoms with E-state index in [4.69, 9.17) is 4.28 Å². The summed E-state index contributed by atoms with van der Waals surface area (Å²) in [5, 5.41) is 18.2. The summed E-state index contributed by atoms with van der Waals surface area (Å²) in [6.07, 6.45) is 2.87. The molecular formula is C42H41NO4S. The maximum atomic E-state index is 13.3. The molecule has 3 unspecified atom stereocenters. The van der Waals surface area contributed by atoms with E-state index in [2.05, 4.69) is 49.3 Å². The monoisotopic (exact) mass is 655 g/mol. The molecular weight excluding hydrogens is 615 g/mol. The molecule has 0 bridgehead atoms. The van der Waals surface area contributed by atoms with Gasteiger partial charge in [0.15, 0.2) is 0 Å². The fourth-order valence-electron chi connectivity index (χ4n) is 6.84. The van der Waals surface area contributed by atoms with Crippen LogP contribution in [-0.4, -0.2) is 19.2 Å². The Hall–Kier alpha value is -4.94. The first kappa shape index (κ1) is 33.0. The summed E-state index contributed by atoms with van der Waals surface area (Å²) in [6.45, 7) is 6.19. The second kappa shape index (κ2) is 14.4. The van der Waals surface area contributed by atoms with E-state index < -0.39 is 10.1 Å². The van der Waals surface area contributed by atoms with E-state index in [0.717, 1.165) is 51.9 Å².